The van der Waals surface area contributed by atoms with E-state index in [9.17, 15) is 9.59 Å². The number of Topliss-reactive ketones (excluding diaryl/α,β-unsaturated/α-hetero) is 2. The molecule has 9 heavy (non-hydrogen) atoms. The minimum Gasteiger partial charge on any atom is -0.662 e. The van der Waals surface area contributed by atoms with E-state index in [-0.39, 0.29) is 44.1 Å². The summed E-state index contributed by atoms with van der Waals surface area (Å²) in [5.41, 5.74) is 6.78. The molecule has 0 atom stereocenters. The maximum Gasteiger partial charge on any atom is 0.119 e. The van der Waals surface area contributed by atoms with Crippen molar-refractivity contribution in [1.29, 1.82) is 0 Å². The maximum absolute atomic E-state index is 10.2. The zero-order valence-corrected chi connectivity index (χ0v) is 10.2. The first kappa shape index (κ1) is 12.4. The zero-order chi connectivity index (χ0) is 6.73. The van der Waals surface area contributed by atoms with E-state index in [0.717, 1.165) is 0 Å². The van der Waals surface area contributed by atoms with Crippen LogP contribution in [0.5, 0.6) is 0 Å². The van der Waals surface area contributed by atoms with Crippen molar-refractivity contribution in [1.82, 2.24) is 0 Å². The first-order chi connectivity index (χ1) is 3.55. The zero-order valence-electron chi connectivity index (χ0n) is 5.47. The molecule has 49 valence electrons. The fourth-order valence-electron chi connectivity index (χ4n) is 0.286. The fourth-order valence-corrected chi connectivity index (χ4v) is 0.286. The van der Waals surface area contributed by atoms with Gasteiger partial charge in [-0.25, -0.2) is 0 Å². The summed E-state index contributed by atoms with van der Waals surface area (Å²) >= 11 is 0. The van der Waals surface area contributed by atoms with Gasteiger partial charge in [-0.1, -0.05) is 0 Å². The molecule has 0 aromatic heterocycles. The van der Waals surface area contributed by atoms with E-state index in [0.29, 0.717) is 0 Å². The third-order valence-corrected chi connectivity index (χ3v) is 0.813. The topological polar surface area (TPSA) is 57.9 Å². The van der Waals surface area contributed by atoms with Crippen molar-refractivity contribution >= 4 is 11.6 Å². The number of ketones is 2. The molecule has 0 amide bonds. The number of rotatable bonds is 2. The summed E-state index contributed by atoms with van der Waals surface area (Å²) in [6.45, 7) is 2.47. The summed E-state index contributed by atoms with van der Waals surface area (Å²) in [4.78, 5) is 20.4. The van der Waals surface area contributed by atoms with E-state index in [1.807, 2.05) is 0 Å². The van der Waals surface area contributed by atoms with Crippen molar-refractivity contribution in [3.63, 3.8) is 0 Å². The van der Waals surface area contributed by atoms with Crippen molar-refractivity contribution < 1.29 is 53.7 Å². The molecule has 0 heterocycles. The molecule has 4 heteroatoms. The van der Waals surface area contributed by atoms with Crippen LogP contribution in [0.15, 0.2) is 0 Å². The molecule has 1 radical (unpaired) electrons. The average Bonchev–Trinajstić information content (AvgIpc) is 1.64. The Morgan fingerprint density at radius 2 is 1.44 bits per heavy atom. The van der Waals surface area contributed by atoms with Gasteiger partial charge < -0.3 is 15.3 Å². The molecule has 0 unspecified atom stereocenters. The molecule has 0 saturated carbocycles. The second kappa shape index (κ2) is 5.52. The van der Waals surface area contributed by atoms with Crippen LogP contribution < -0.4 is 0 Å². The molecule has 0 aliphatic carbocycles. The number of hydrogen-bond acceptors (Lipinski definition) is 2. The summed E-state index contributed by atoms with van der Waals surface area (Å²) < 4.78 is 0. The Kier molecular flexibility index (Phi) is 7.62. The molecule has 3 nitrogen and oxygen atoms in total. The van der Waals surface area contributed by atoms with Gasteiger partial charge in [0.15, 0.2) is 0 Å². The van der Waals surface area contributed by atoms with Crippen LogP contribution in [0.4, 0.5) is 0 Å². The fraction of sp³-hybridized carbons (Fsp3) is 0.600. The molecule has 0 rings (SSSR count). The molecular formula is C5H8AcNO2-. The van der Waals surface area contributed by atoms with E-state index in [2.05, 4.69) is 0 Å². The molecule has 1 N–H and O–H groups in total. The average molecular weight is 341 g/mol. The molecule has 0 fully saturated rings. The first-order valence-corrected chi connectivity index (χ1v) is 2.27. The largest absolute Gasteiger partial charge is 0.662 e. The summed E-state index contributed by atoms with van der Waals surface area (Å²) in [5.74, 6) is -0.782. The van der Waals surface area contributed by atoms with Crippen molar-refractivity contribution in [2.24, 2.45) is 0 Å². The van der Waals surface area contributed by atoms with Crippen LogP contribution >= 0.6 is 0 Å². The van der Waals surface area contributed by atoms with Crippen molar-refractivity contribution in [3.8, 4) is 0 Å². The SMILES string of the molecule is CC(=O)C([NH-])C(C)=O.[Ac]. The quantitative estimate of drug-likeness (QED) is 0.690. The molecule has 0 aliphatic heterocycles. The van der Waals surface area contributed by atoms with E-state index in [4.69, 9.17) is 5.73 Å². The Labute approximate surface area is 89.9 Å². The van der Waals surface area contributed by atoms with Crippen LogP contribution in [0, 0.1) is 44.1 Å². The second-order valence-corrected chi connectivity index (χ2v) is 1.65. The van der Waals surface area contributed by atoms with Crippen molar-refractivity contribution in [3.05, 3.63) is 5.73 Å². The molecule has 0 aromatic rings. The summed E-state index contributed by atoms with van der Waals surface area (Å²) in [5, 5.41) is 0. The van der Waals surface area contributed by atoms with E-state index < -0.39 is 17.6 Å². The molecule has 0 spiro atoms. The van der Waals surface area contributed by atoms with Crippen LogP contribution in [-0.4, -0.2) is 17.6 Å². The summed E-state index contributed by atoms with van der Waals surface area (Å²) in [6.07, 6.45) is 0. The monoisotopic (exact) mass is 341 g/mol. The Hall–Kier alpha value is 0.742. The third kappa shape index (κ3) is 5.20. The van der Waals surface area contributed by atoms with Crippen molar-refractivity contribution in [2.75, 3.05) is 0 Å². The van der Waals surface area contributed by atoms with Gasteiger partial charge in [0.05, 0.1) is 0 Å². The van der Waals surface area contributed by atoms with Crippen LogP contribution in [0.1, 0.15) is 13.8 Å². The van der Waals surface area contributed by atoms with Gasteiger partial charge in [0.1, 0.15) is 11.6 Å². The van der Waals surface area contributed by atoms with Gasteiger partial charge in [-0.05, 0) is 19.9 Å². The Morgan fingerprint density at radius 3 is 1.44 bits per heavy atom. The molecule has 0 saturated heterocycles. The minimum absolute atomic E-state index is 0. The van der Waals surface area contributed by atoms with Gasteiger partial charge >= 0.3 is 0 Å². The van der Waals surface area contributed by atoms with Gasteiger partial charge in [0.2, 0.25) is 0 Å². The summed E-state index contributed by atoms with van der Waals surface area (Å²) in [6, 6.07) is -1.16. The third-order valence-electron chi connectivity index (χ3n) is 0.813. The van der Waals surface area contributed by atoms with Gasteiger partial charge in [-0.15, -0.1) is 0 Å². The van der Waals surface area contributed by atoms with Gasteiger partial charge in [0.25, 0.3) is 0 Å². The van der Waals surface area contributed by atoms with E-state index in [1.165, 1.54) is 13.8 Å². The first-order valence-electron chi connectivity index (χ1n) is 2.27. The standard InChI is InChI=1S/C5H8NO2.Ac/c1-3(7)5(6)4(2)8;/h5-6H,1-2H3;/q-1;. The predicted molar refractivity (Wildman–Crippen MR) is 29.5 cm³/mol. The molecule has 0 aromatic carbocycles. The van der Waals surface area contributed by atoms with E-state index >= 15 is 0 Å². The number of carbonyl (C=O) groups excluding carboxylic acids is 2. The number of nitrogens with one attached hydrogen (secondary N) is 1. The van der Waals surface area contributed by atoms with Gasteiger partial charge in [0, 0.05) is 44.1 Å². The molecule has 0 aliphatic rings. The van der Waals surface area contributed by atoms with Crippen LogP contribution in [0.2, 0.25) is 0 Å². The minimum atomic E-state index is -1.16. The Bertz CT molecular complexity index is 110. The Morgan fingerprint density at radius 1 is 1.22 bits per heavy atom. The van der Waals surface area contributed by atoms with Crippen LogP contribution in [0.3, 0.4) is 0 Å². The molecule has 0 bridgehead atoms. The Balaban J connectivity index is 0. The van der Waals surface area contributed by atoms with Crippen LogP contribution in [0.25, 0.3) is 5.73 Å². The summed E-state index contributed by atoms with van der Waals surface area (Å²) in [7, 11) is 0. The molecular weight excluding hydrogens is 333 g/mol. The second-order valence-electron chi connectivity index (χ2n) is 1.65. The number of carbonyl (C=O) groups is 2. The normalized spacial score (nSPS) is 8.44. The van der Waals surface area contributed by atoms with E-state index in [1.54, 1.807) is 0 Å². The van der Waals surface area contributed by atoms with Gasteiger partial charge in [-0.2, -0.15) is 0 Å². The van der Waals surface area contributed by atoms with Crippen molar-refractivity contribution in [2.45, 2.75) is 19.9 Å². The van der Waals surface area contributed by atoms with Gasteiger partial charge in [-0.3, -0.25) is 0 Å². The maximum atomic E-state index is 10.2. The number of hydrogen-bond donors (Lipinski definition) is 0. The predicted octanol–water partition coefficient (Wildman–Crippen LogP) is 0.585. The smallest absolute Gasteiger partial charge is 0.119 e. The van der Waals surface area contributed by atoms with Crippen LogP contribution in [-0.2, 0) is 9.59 Å².